The highest BCUT2D eigenvalue weighted by atomic mass is 35.5. The fourth-order valence-corrected chi connectivity index (χ4v) is 3.98. The van der Waals surface area contributed by atoms with Gasteiger partial charge in [0.1, 0.15) is 5.75 Å². The van der Waals surface area contributed by atoms with Gasteiger partial charge in [-0.25, -0.2) is 0 Å². The van der Waals surface area contributed by atoms with Crippen LogP contribution in [0, 0.1) is 0 Å². The van der Waals surface area contributed by atoms with Crippen molar-refractivity contribution in [3.05, 3.63) is 40.9 Å². The fraction of sp³-hybridized carbons (Fsp3) is 0.450. The number of benzene rings is 2. The van der Waals surface area contributed by atoms with E-state index in [0.29, 0.717) is 28.9 Å². The number of hydrogen-bond acceptors (Lipinski definition) is 3. The van der Waals surface area contributed by atoms with Crippen molar-refractivity contribution < 1.29 is 9.53 Å². The molecule has 5 heteroatoms. The van der Waals surface area contributed by atoms with Gasteiger partial charge in [-0.15, -0.1) is 0 Å². The van der Waals surface area contributed by atoms with E-state index < -0.39 is 0 Å². The highest BCUT2D eigenvalue weighted by Gasteiger charge is 2.25. The van der Waals surface area contributed by atoms with Gasteiger partial charge in [0, 0.05) is 28.4 Å². The number of methoxy groups -OCH3 is 1. The van der Waals surface area contributed by atoms with Crippen molar-refractivity contribution in [3.8, 4) is 5.75 Å². The topological polar surface area (TPSA) is 41.6 Å². The minimum atomic E-state index is -0.132. The van der Waals surface area contributed by atoms with Crippen molar-refractivity contribution in [1.29, 1.82) is 0 Å². The van der Waals surface area contributed by atoms with Crippen LogP contribution in [0.25, 0.3) is 10.8 Å². The van der Waals surface area contributed by atoms with Gasteiger partial charge in [0.25, 0.3) is 5.91 Å². The molecule has 2 aromatic carbocycles. The van der Waals surface area contributed by atoms with Crippen LogP contribution in [0.4, 0.5) is 0 Å². The molecule has 3 rings (SSSR count). The summed E-state index contributed by atoms with van der Waals surface area (Å²) in [4.78, 5) is 15.2. The molecular formula is C20H25ClN2O2. The Morgan fingerprint density at radius 1 is 1.36 bits per heavy atom. The third-order valence-corrected chi connectivity index (χ3v) is 5.21. The summed E-state index contributed by atoms with van der Waals surface area (Å²) < 4.78 is 5.54. The van der Waals surface area contributed by atoms with Gasteiger partial charge < -0.3 is 10.1 Å². The van der Waals surface area contributed by atoms with Crippen LogP contribution in [-0.4, -0.2) is 43.6 Å². The monoisotopic (exact) mass is 360 g/mol. The summed E-state index contributed by atoms with van der Waals surface area (Å²) >= 11 is 6.38. The van der Waals surface area contributed by atoms with Crippen LogP contribution < -0.4 is 10.1 Å². The van der Waals surface area contributed by atoms with Crippen molar-refractivity contribution in [2.75, 3.05) is 26.7 Å². The number of halogens is 1. The normalized spacial score (nSPS) is 17.8. The molecule has 1 aliphatic rings. The van der Waals surface area contributed by atoms with Crippen LogP contribution in [0.5, 0.6) is 5.75 Å². The maximum absolute atomic E-state index is 12.8. The number of nitrogens with zero attached hydrogens (tertiary/aromatic N) is 1. The van der Waals surface area contributed by atoms with Crippen LogP contribution in [0.1, 0.15) is 36.5 Å². The predicted octanol–water partition coefficient (Wildman–Crippen LogP) is 4.11. The van der Waals surface area contributed by atoms with Gasteiger partial charge in [0.15, 0.2) is 0 Å². The molecular weight excluding hydrogens is 336 g/mol. The number of fused-ring (bicyclic) bond motifs is 1. The average molecular weight is 361 g/mol. The zero-order valence-electron chi connectivity index (χ0n) is 14.8. The van der Waals surface area contributed by atoms with Crippen LogP contribution in [-0.2, 0) is 0 Å². The summed E-state index contributed by atoms with van der Waals surface area (Å²) in [5.41, 5.74) is 0.492. The number of carbonyl (C=O) groups excluding carboxylic acids is 1. The zero-order chi connectivity index (χ0) is 17.8. The summed E-state index contributed by atoms with van der Waals surface area (Å²) in [7, 11) is 1.59. The Bertz CT molecular complexity index is 763. The van der Waals surface area contributed by atoms with Crippen molar-refractivity contribution in [2.24, 2.45) is 0 Å². The molecule has 1 atom stereocenters. The molecule has 1 amide bonds. The SMILES string of the molecule is CCCN1CCCC1CNC(=O)c1cc(Cl)c2ccccc2c1OC. The molecule has 0 aliphatic carbocycles. The molecule has 1 N–H and O–H groups in total. The average Bonchev–Trinajstić information content (AvgIpc) is 3.07. The number of amides is 1. The fourth-order valence-electron chi connectivity index (χ4n) is 3.71. The molecule has 1 heterocycles. The van der Waals surface area contributed by atoms with Gasteiger partial charge >= 0.3 is 0 Å². The van der Waals surface area contributed by atoms with Crippen LogP contribution in [0.2, 0.25) is 5.02 Å². The molecule has 1 unspecified atom stereocenters. The Morgan fingerprint density at radius 2 is 2.12 bits per heavy atom. The van der Waals surface area contributed by atoms with Crippen molar-refractivity contribution >= 4 is 28.3 Å². The standard InChI is InChI=1S/C20H25ClN2O2/c1-3-10-23-11-6-7-14(23)13-22-20(24)17-12-18(21)15-8-4-5-9-16(15)19(17)25-2/h4-5,8-9,12,14H,3,6-7,10-11,13H2,1-2H3,(H,22,24). The molecule has 134 valence electrons. The molecule has 1 saturated heterocycles. The first-order chi connectivity index (χ1) is 12.2. The predicted molar refractivity (Wildman–Crippen MR) is 103 cm³/mol. The molecule has 0 radical (unpaired) electrons. The highest BCUT2D eigenvalue weighted by Crippen LogP contribution is 2.35. The first-order valence-corrected chi connectivity index (χ1v) is 9.31. The molecule has 4 nitrogen and oxygen atoms in total. The number of likely N-dealkylation sites (tertiary alicyclic amines) is 1. The molecule has 0 saturated carbocycles. The van der Waals surface area contributed by atoms with Crippen LogP contribution in [0.15, 0.2) is 30.3 Å². The first kappa shape index (κ1) is 18.0. The number of rotatable bonds is 6. The lowest BCUT2D eigenvalue weighted by Crippen LogP contribution is -2.40. The molecule has 0 spiro atoms. The van der Waals surface area contributed by atoms with E-state index in [-0.39, 0.29) is 5.91 Å². The second-order valence-corrected chi connectivity index (χ2v) is 6.93. The van der Waals surface area contributed by atoms with Gasteiger partial charge in [-0.05, 0) is 38.4 Å². The Kier molecular flexibility index (Phi) is 5.82. The minimum absolute atomic E-state index is 0.132. The van der Waals surface area contributed by atoms with Gasteiger partial charge in [-0.2, -0.15) is 0 Å². The first-order valence-electron chi connectivity index (χ1n) is 8.93. The highest BCUT2D eigenvalue weighted by molar-refractivity contribution is 6.36. The van der Waals surface area contributed by atoms with E-state index in [1.807, 2.05) is 24.3 Å². The quantitative estimate of drug-likeness (QED) is 0.843. The number of nitrogens with one attached hydrogen (secondary N) is 1. The van der Waals surface area contributed by atoms with E-state index in [0.717, 1.165) is 36.7 Å². The number of carbonyl (C=O) groups is 1. The molecule has 1 fully saturated rings. The minimum Gasteiger partial charge on any atom is -0.495 e. The third-order valence-electron chi connectivity index (χ3n) is 4.90. The van der Waals surface area contributed by atoms with E-state index in [9.17, 15) is 4.79 Å². The lowest BCUT2D eigenvalue weighted by molar-refractivity contribution is 0.0938. The van der Waals surface area contributed by atoms with Crippen molar-refractivity contribution in [1.82, 2.24) is 10.2 Å². The van der Waals surface area contributed by atoms with Crippen molar-refractivity contribution in [2.45, 2.75) is 32.2 Å². The molecule has 0 aromatic heterocycles. The Labute approximate surface area is 154 Å². The lowest BCUT2D eigenvalue weighted by atomic mass is 10.0. The molecule has 25 heavy (non-hydrogen) atoms. The molecule has 1 aliphatic heterocycles. The summed E-state index contributed by atoms with van der Waals surface area (Å²) in [6, 6.07) is 9.83. The smallest absolute Gasteiger partial charge is 0.255 e. The Morgan fingerprint density at radius 3 is 2.84 bits per heavy atom. The van der Waals surface area contributed by atoms with Crippen molar-refractivity contribution in [3.63, 3.8) is 0 Å². The van der Waals surface area contributed by atoms with E-state index in [4.69, 9.17) is 16.3 Å². The Balaban J connectivity index is 1.80. The zero-order valence-corrected chi connectivity index (χ0v) is 15.6. The third kappa shape index (κ3) is 3.75. The largest absolute Gasteiger partial charge is 0.495 e. The molecule has 0 bridgehead atoms. The number of hydrogen-bond donors (Lipinski definition) is 1. The molecule has 2 aromatic rings. The number of ether oxygens (including phenoxy) is 1. The second kappa shape index (κ2) is 8.07. The summed E-state index contributed by atoms with van der Waals surface area (Å²) in [5.74, 6) is 0.446. The summed E-state index contributed by atoms with van der Waals surface area (Å²) in [6.45, 7) is 5.06. The van der Waals surface area contributed by atoms with E-state index in [1.54, 1.807) is 13.2 Å². The summed E-state index contributed by atoms with van der Waals surface area (Å²) in [6.07, 6.45) is 3.47. The second-order valence-electron chi connectivity index (χ2n) is 6.53. The van der Waals surface area contributed by atoms with Crippen LogP contribution in [0.3, 0.4) is 0 Å². The van der Waals surface area contributed by atoms with Gasteiger partial charge in [-0.1, -0.05) is 42.8 Å². The van der Waals surface area contributed by atoms with Gasteiger partial charge in [0.2, 0.25) is 0 Å². The Hall–Kier alpha value is -1.78. The van der Waals surface area contributed by atoms with E-state index >= 15 is 0 Å². The maximum Gasteiger partial charge on any atom is 0.255 e. The maximum atomic E-state index is 12.8. The van der Waals surface area contributed by atoms with Gasteiger partial charge in [-0.3, -0.25) is 9.69 Å². The van der Waals surface area contributed by atoms with Gasteiger partial charge in [0.05, 0.1) is 12.7 Å². The van der Waals surface area contributed by atoms with E-state index in [2.05, 4.69) is 17.1 Å². The van der Waals surface area contributed by atoms with E-state index in [1.165, 1.54) is 6.42 Å². The van der Waals surface area contributed by atoms with Crippen LogP contribution >= 0.6 is 11.6 Å². The summed E-state index contributed by atoms with van der Waals surface area (Å²) in [5, 5.41) is 5.39. The lowest BCUT2D eigenvalue weighted by Gasteiger charge is -2.24.